The van der Waals surface area contributed by atoms with Crippen molar-refractivity contribution in [2.45, 2.75) is 45.0 Å². The molecule has 1 amide bonds. The molecule has 4 N–H and O–H groups in total. The molecule has 2 atom stereocenters. The van der Waals surface area contributed by atoms with Gasteiger partial charge in [0.1, 0.15) is 0 Å². The second-order valence-electron chi connectivity index (χ2n) is 11.4. The Morgan fingerprint density at radius 2 is 1.91 bits per heavy atom. The number of nitrogens with one attached hydrogen (secondary N) is 1. The lowest BCUT2D eigenvalue weighted by atomic mass is 9.86. The average Bonchev–Trinajstić information content (AvgIpc) is 3.45. The number of aromatic nitrogens is 2. The third-order valence-corrected chi connectivity index (χ3v) is 9.72. The van der Waals surface area contributed by atoms with Crippen LogP contribution < -0.4 is 15.5 Å². The number of carbonyl (C=O) groups is 1. The molecule has 3 aromatic rings. The van der Waals surface area contributed by atoms with Crippen LogP contribution in [-0.2, 0) is 11.0 Å². The van der Waals surface area contributed by atoms with E-state index in [1.807, 2.05) is 46.2 Å². The van der Waals surface area contributed by atoms with E-state index in [0.29, 0.717) is 54.2 Å². The van der Waals surface area contributed by atoms with Crippen LogP contribution in [-0.4, -0.2) is 46.1 Å². The predicted molar refractivity (Wildman–Crippen MR) is 169 cm³/mol. The van der Waals surface area contributed by atoms with E-state index in [0.717, 1.165) is 41.3 Å². The molecule has 0 radical (unpaired) electrons. The zero-order valence-electron chi connectivity index (χ0n) is 24.3. The van der Waals surface area contributed by atoms with Gasteiger partial charge in [-0.3, -0.25) is 4.79 Å². The summed E-state index contributed by atoms with van der Waals surface area (Å²) in [6, 6.07) is 13.3. The van der Waals surface area contributed by atoms with Crippen molar-refractivity contribution in [3.05, 3.63) is 99.6 Å². The third kappa shape index (κ3) is 6.16. The number of hydrogen-bond acceptors (Lipinski definition) is 6. The van der Waals surface area contributed by atoms with Gasteiger partial charge in [0.2, 0.25) is 11.9 Å². The molecule has 2 aliphatic heterocycles. The van der Waals surface area contributed by atoms with Gasteiger partial charge in [0.25, 0.3) is 0 Å². The Balaban J connectivity index is 1.29. The summed E-state index contributed by atoms with van der Waals surface area (Å²) >= 11 is 1.65. The van der Waals surface area contributed by atoms with E-state index in [1.165, 1.54) is 17.2 Å². The molecule has 230 valence electrons. The van der Waals surface area contributed by atoms with Gasteiger partial charge in [0.15, 0.2) is 6.23 Å². The van der Waals surface area contributed by atoms with Crippen LogP contribution in [0.5, 0.6) is 0 Å². The molecular weight excluding hydrogens is 587 g/mol. The number of benzene rings is 2. The van der Waals surface area contributed by atoms with Crippen LogP contribution in [0, 0.1) is 5.92 Å². The summed E-state index contributed by atoms with van der Waals surface area (Å²) in [5, 5.41) is 13.1. The van der Waals surface area contributed by atoms with Crippen molar-refractivity contribution in [2.24, 2.45) is 11.7 Å². The second kappa shape index (κ2) is 12.2. The van der Waals surface area contributed by atoms with Crippen LogP contribution in [0.4, 0.5) is 24.8 Å². The standard InChI is InChI=1S/C33H34F3N5O2S/c1-20-7-14-29(44-19-21-8-10-22(11-9-21)30(37)42)41(24-5-3-2-4-6-24)31(43)26-18-40(16-15-25(20)26)32-38-27-13-12-23(33(34,35)36)17-28(27)39-32/h2-6,8,10,12-14,17,20,31,43H,7,9,11,15-16,18-19H2,1H3,(H2,37,42)(H,38,39). The highest BCUT2D eigenvalue weighted by molar-refractivity contribution is 8.03. The molecule has 1 aromatic heterocycles. The van der Waals surface area contributed by atoms with Crippen LogP contribution in [0.25, 0.3) is 11.0 Å². The Morgan fingerprint density at radius 3 is 2.61 bits per heavy atom. The number of amides is 1. The quantitative estimate of drug-likeness (QED) is 0.267. The summed E-state index contributed by atoms with van der Waals surface area (Å²) in [5.41, 5.74) is 10.3. The summed E-state index contributed by atoms with van der Waals surface area (Å²) in [6.45, 7) is 3.20. The zero-order valence-corrected chi connectivity index (χ0v) is 25.1. The van der Waals surface area contributed by atoms with Crippen molar-refractivity contribution < 1.29 is 23.1 Å². The van der Waals surface area contributed by atoms with E-state index >= 15 is 0 Å². The fourth-order valence-corrected chi connectivity index (χ4v) is 7.20. The van der Waals surface area contributed by atoms with Gasteiger partial charge in [-0.15, -0.1) is 11.8 Å². The van der Waals surface area contributed by atoms with Crippen LogP contribution >= 0.6 is 11.8 Å². The Hall–Kier alpha value is -3.96. The Morgan fingerprint density at radius 1 is 1.11 bits per heavy atom. The third-order valence-electron chi connectivity index (χ3n) is 8.55. The number of imidazole rings is 1. The summed E-state index contributed by atoms with van der Waals surface area (Å²) < 4.78 is 39.9. The molecule has 2 aromatic carbocycles. The number of hydrogen-bond donors (Lipinski definition) is 3. The van der Waals surface area contributed by atoms with Crippen LogP contribution in [0.3, 0.4) is 0 Å². The van der Waals surface area contributed by atoms with E-state index in [9.17, 15) is 23.1 Å². The first-order valence-corrected chi connectivity index (χ1v) is 15.6. The number of halogens is 3. The average molecular weight is 622 g/mol. The molecule has 7 nitrogen and oxygen atoms in total. The van der Waals surface area contributed by atoms with Gasteiger partial charge in [-0.1, -0.05) is 54.5 Å². The lowest BCUT2D eigenvalue weighted by Gasteiger charge is -2.41. The number of primary amides is 1. The molecule has 11 heteroatoms. The highest BCUT2D eigenvalue weighted by Gasteiger charge is 2.35. The van der Waals surface area contributed by atoms with Crippen molar-refractivity contribution in [2.75, 3.05) is 28.6 Å². The first-order chi connectivity index (χ1) is 21.1. The number of alkyl halides is 3. The Bertz CT molecular complexity index is 1690. The summed E-state index contributed by atoms with van der Waals surface area (Å²) in [5.74, 6) is 1.00. The molecule has 0 spiro atoms. The lowest BCUT2D eigenvalue weighted by molar-refractivity contribution is -0.137. The van der Waals surface area contributed by atoms with Gasteiger partial charge in [0.05, 0.1) is 21.6 Å². The monoisotopic (exact) mass is 621 g/mol. The molecule has 0 saturated heterocycles. The molecule has 44 heavy (non-hydrogen) atoms. The number of aliphatic hydroxyl groups is 1. The maximum atomic E-state index is 13.3. The van der Waals surface area contributed by atoms with E-state index in [2.05, 4.69) is 23.0 Å². The first-order valence-electron chi connectivity index (χ1n) is 14.7. The molecule has 0 saturated carbocycles. The minimum absolute atomic E-state index is 0.204. The number of H-pyrrole nitrogens is 1. The number of aliphatic hydroxyl groups excluding tert-OH is 1. The molecule has 3 aliphatic rings. The SMILES string of the molecule is CC1CC=C(SCC2=CC=C(C(N)=O)CC2)N(c2ccccc2)C(O)C2=C1CCN(c1nc3ccc(C(F)(F)F)cc3[nH]1)C2. The smallest absolute Gasteiger partial charge is 0.369 e. The highest BCUT2D eigenvalue weighted by atomic mass is 32.2. The van der Waals surface area contributed by atoms with Crippen molar-refractivity contribution in [1.82, 2.24) is 9.97 Å². The number of allylic oxidation sites excluding steroid dienone is 3. The number of nitrogens with zero attached hydrogens (tertiary/aromatic N) is 3. The number of carbonyl (C=O) groups excluding carboxylic acids is 1. The van der Waals surface area contributed by atoms with Gasteiger partial charge in [0, 0.05) is 30.1 Å². The fraction of sp³-hybridized carbons (Fsp3) is 0.333. The van der Waals surface area contributed by atoms with E-state index in [4.69, 9.17) is 5.73 Å². The van der Waals surface area contributed by atoms with Crippen molar-refractivity contribution in [1.29, 1.82) is 0 Å². The first kappa shape index (κ1) is 30.1. The minimum Gasteiger partial charge on any atom is -0.369 e. The van der Waals surface area contributed by atoms with Crippen LogP contribution in [0.2, 0.25) is 0 Å². The number of thioether (sulfide) groups is 1. The molecule has 0 bridgehead atoms. The molecule has 6 rings (SSSR count). The number of para-hydroxylation sites is 1. The maximum Gasteiger partial charge on any atom is 0.416 e. The largest absolute Gasteiger partial charge is 0.416 e. The van der Waals surface area contributed by atoms with Gasteiger partial charge < -0.3 is 25.6 Å². The number of anilines is 2. The predicted octanol–water partition coefficient (Wildman–Crippen LogP) is 6.66. The van der Waals surface area contributed by atoms with Crippen LogP contribution in [0.15, 0.2) is 94.1 Å². The van der Waals surface area contributed by atoms with E-state index in [1.54, 1.807) is 17.8 Å². The van der Waals surface area contributed by atoms with Gasteiger partial charge >= 0.3 is 6.18 Å². The number of fused-ring (bicyclic) bond motifs is 1. The van der Waals surface area contributed by atoms with Gasteiger partial charge in [-0.25, -0.2) is 4.98 Å². The fourth-order valence-electron chi connectivity index (χ4n) is 6.07. The lowest BCUT2D eigenvalue weighted by Crippen LogP contribution is -2.44. The zero-order chi connectivity index (χ0) is 31.0. The molecular formula is C33H34F3N5O2S. The molecule has 1 aliphatic carbocycles. The molecule has 2 unspecified atom stereocenters. The van der Waals surface area contributed by atoms with Crippen molar-refractivity contribution in [3.63, 3.8) is 0 Å². The normalized spacial score (nSPS) is 21.3. The highest BCUT2D eigenvalue weighted by Crippen LogP contribution is 2.40. The van der Waals surface area contributed by atoms with E-state index in [-0.39, 0.29) is 11.8 Å². The topological polar surface area (TPSA) is 98.5 Å². The number of rotatable bonds is 6. The van der Waals surface area contributed by atoms with Crippen molar-refractivity contribution in [3.8, 4) is 0 Å². The summed E-state index contributed by atoms with van der Waals surface area (Å²) in [4.78, 5) is 23.2. The Labute approximate surface area is 258 Å². The van der Waals surface area contributed by atoms with Crippen molar-refractivity contribution >= 4 is 40.3 Å². The van der Waals surface area contributed by atoms with Crippen LogP contribution in [0.1, 0.15) is 38.2 Å². The van der Waals surface area contributed by atoms with Gasteiger partial charge in [-0.2, -0.15) is 13.2 Å². The number of nitrogens with two attached hydrogens (primary N) is 1. The summed E-state index contributed by atoms with van der Waals surface area (Å²) in [7, 11) is 0. The minimum atomic E-state index is -4.44. The Kier molecular flexibility index (Phi) is 8.34. The van der Waals surface area contributed by atoms with E-state index < -0.39 is 18.0 Å². The molecule has 3 heterocycles. The second-order valence-corrected chi connectivity index (χ2v) is 12.4. The summed E-state index contributed by atoms with van der Waals surface area (Å²) in [6.07, 6.45) is 3.45. The molecule has 0 fully saturated rings. The number of aromatic amines is 1. The van der Waals surface area contributed by atoms with Gasteiger partial charge in [-0.05, 0) is 67.5 Å². The maximum absolute atomic E-state index is 13.3.